The molecule has 2 heterocycles. The van der Waals surface area contributed by atoms with Gasteiger partial charge in [-0.1, -0.05) is 40.2 Å². The van der Waals surface area contributed by atoms with Gasteiger partial charge in [-0.15, -0.1) is 0 Å². The lowest BCUT2D eigenvalue weighted by Crippen LogP contribution is -2.31. The van der Waals surface area contributed by atoms with Gasteiger partial charge in [0, 0.05) is 10.2 Å². The molecule has 0 radical (unpaired) electrons. The quantitative estimate of drug-likeness (QED) is 0.642. The van der Waals surface area contributed by atoms with E-state index in [1.807, 2.05) is 43.3 Å². The number of hydrogen-bond acceptors (Lipinski definition) is 5. The lowest BCUT2D eigenvalue weighted by atomic mass is 9.95. The van der Waals surface area contributed by atoms with Crippen molar-refractivity contribution < 1.29 is 9.53 Å². The third-order valence-corrected chi connectivity index (χ3v) is 5.11. The van der Waals surface area contributed by atoms with Crippen molar-refractivity contribution in [1.29, 1.82) is 0 Å². The van der Waals surface area contributed by atoms with E-state index in [4.69, 9.17) is 4.74 Å². The first-order chi connectivity index (χ1) is 13.6. The van der Waals surface area contributed by atoms with E-state index < -0.39 is 6.04 Å². The molecule has 7 nitrogen and oxygen atoms in total. The zero-order chi connectivity index (χ0) is 19.7. The number of para-hydroxylation sites is 2. The van der Waals surface area contributed by atoms with Crippen LogP contribution in [-0.2, 0) is 4.79 Å². The summed E-state index contributed by atoms with van der Waals surface area (Å²) in [7, 11) is 1.57. The molecule has 0 aliphatic carbocycles. The van der Waals surface area contributed by atoms with Gasteiger partial charge in [-0.05, 0) is 36.8 Å². The number of aromatic nitrogens is 3. The molecule has 3 aromatic rings. The van der Waals surface area contributed by atoms with Crippen LogP contribution < -0.4 is 15.4 Å². The number of halogens is 1. The number of rotatable bonds is 4. The first kappa shape index (κ1) is 18.2. The minimum Gasteiger partial charge on any atom is -0.495 e. The molecule has 0 spiro atoms. The minimum absolute atomic E-state index is 0.233. The molecule has 0 saturated heterocycles. The number of anilines is 2. The lowest BCUT2D eigenvalue weighted by Gasteiger charge is -2.29. The number of nitrogens with one attached hydrogen (secondary N) is 2. The number of ether oxygens (including phenoxy) is 1. The van der Waals surface area contributed by atoms with E-state index in [0.717, 1.165) is 15.7 Å². The number of fused-ring (bicyclic) bond motifs is 1. The highest BCUT2D eigenvalue weighted by Gasteiger charge is 2.33. The van der Waals surface area contributed by atoms with Crippen LogP contribution in [0.4, 0.5) is 11.6 Å². The minimum atomic E-state index is -0.401. The maximum atomic E-state index is 13.3. The second-order valence-electron chi connectivity index (χ2n) is 6.30. The summed E-state index contributed by atoms with van der Waals surface area (Å²) in [5.41, 5.74) is 2.82. The van der Waals surface area contributed by atoms with Crippen molar-refractivity contribution in [1.82, 2.24) is 14.8 Å². The molecule has 1 amide bonds. The Bertz CT molecular complexity index is 1060. The van der Waals surface area contributed by atoms with Gasteiger partial charge in [0.25, 0.3) is 5.91 Å². The summed E-state index contributed by atoms with van der Waals surface area (Å²) in [5, 5.41) is 10.5. The molecule has 1 aliphatic rings. The number of allylic oxidation sites excluding steroid dienone is 1. The predicted octanol–water partition coefficient (Wildman–Crippen LogP) is 3.98. The van der Waals surface area contributed by atoms with Gasteiger partial charge in [0.1, 0.15) is 18.1 Å². The molecule has 8 heteroatoms. The topological polar surface area (TPSA) is 81.1 Å². The summed E-state index contributed by atoms with van der Waals surface area (Å²) in [5.74, 6) is 0.960. The Hall–Kier alpha value is -3.13. The van der Waals surface area contributed by atoms with E-state index in [9.17, 15) is 4.79 Å². The molecule has 0 bridgehead atoms. The van der Waals surface area contributed by atoms with Gasteiger partial charge in [-0.3, -0.25) is 4.79 Å². The first-order valence-electron chi connectivity index (χ1n) is 8.65. The fourth-order valence-corrected chi connectivity index (χ4v) is 3.54. The van der Waals surface area contributed by atoms with Crippen molar-refractivity contribution >= 4 is 33.5 Å². The molecule has 28 heavy (non-hydrogen) atoms. The normalized spacial score (nSPS) is 15.6. The van der Waals surface area contributed by atoms with Crippen LogP contribution in [0.3, 0.4) is 0 Å². The smallest absolute Gasteiger partial charge is 0.255 e. The molecule has 0 fully saturated rings. The number of nitrogens with zero attached hydrogens (tertiary/aromatic N) is 3. The summed E-state index contributed by atoms with van der Waals surface area (Å²) in [6, 6.07) is 14.7. The van der Waals surface area contributed by atoms with E-state index in [0.29, 0.717) is 23.0 Å². The van der Waals surface area contributed by atoms with Crippen LogP contribution in [0, 0.1) is 0 Å². The number of benzene rings is 2. The van der Waals surface area contributed by atoms with E-state index in [1.54, 1.807) is 23.9 Å². The summed E-state index contributed by atoms with van der Waals surface area (Å²) in [6.45, 7) is 1.86. The van der Waals surface area contributed by atoms with Gasteiger partial charge < -0.3 is 15.4 Å². The van der Waals surface area contributed by atoms with Crippen molar-refractivity contribution in [2.45, 2.75) is 13.0 Å². The van der Waals surface area contributed by atoms with E-state index in [2.05, 4.69) is 36.6 Å². The van der Waals surface area contributed by atoms with Crippen molar-refractivity contribution in [3.05, 3.63) is 76.2 Å². The third kappa shape index (κ3) is 3.27. The molecule has 1 aliphatic heterocycles. The highest BCUT2D eigenvalue weighted by atomic mass is 79.9. The second-order valence-corrected chi connectivity index (χ2v) is 7.22. The van der Waals surface area contributed by atoms with Gasteiger partial charge in [0.15, 0.2) is 0 Å². The van der Waals surface area contributed by atoms with E-state index >= 15 is 0 Å². The van der Waals surface area contributed by atoms with Crippen molar-refractivity contribution in [3.63, 3.8) is 0 Å². The Kier molecular flexibility index (Phi) is 4.87. The number of amides is 1. The second kappa shape index (κ2) is 7.47. The number of methoxy groups -OCH3 is 1. The molecule has 1 unspecified atom stereocenters. The van der Waals surface area contributed by atoms with Crippen LogP contribution in [0.1, 0.15) is 18.5 Å². The van der Waals surface area contributed by atoms with Crippen molar-refractivity contribution in [3.8, 4) is 5.75 Å². The van der Waals surface area contributed by atoms with Crippen LogP contribution in [0.5, 0.6) is 5.75 Å². The Morgan fingerprint density at radius 3 is 2.71 bits per heavy atom. The standard InChI is InChI=1S/C20H18BrN5O2/c1-12-17(19(27)25-15-5-3-4-6-16(15)28-2)18(13-7-9-14(21)10-8-13)26-20(24-12)22-11-23-26/h3-11,18H,1-2H3,(H,25,27)(H,22,23,24). The number of carbonyl (C=O) groups is 1. The summed E-state index contributed by atoms with van der Waals surface area (Å²) in [4.78, 5) is 17.5. The fraction of sp³-hybridized carbons (Fsp3) is 0.150. The summed E-state index contributed by atoms with van der Waals surface area (Å²) >= 11 is 3.46. The molecule has 1 aromatic heterocycles. The Morgan fingerprint density at radius 1 is 1.21 bits per heavy atom. The molecule has 2 N–H and O–H groups in total. The zero-order valence-corrected chi connectivity index (χ0v) is 16.9. The van der Waals surface area contributed by atoms with E-state index in [-0.39, 0.29) is 5.91 Å². The highest BCUT2D eigenvalue weighted by Crippen LogP contribution is 2.36. The van der Waals surface area contributed by atoms with Crippen LogP contribution in [0.15, 0.2) is 70.6 Å². The first-order valence-corrected chi connectivity index (χ1v) is 9.45. The Balaban J connectivity index is 1.76. The number of carbonyl (C=O) groups excluding carboxylic acids is 1. The van der Waals surface area contributed by atoms with E-state index in [1.165, 1.54) is 6.33 Å². The largest absolute Gasteiger partial charge is 0.495 e. The van der Waals surface area contributed by atoms with Gasteiger partial charge in [0.2, 0.25) is 5.95 Å². The monoisotopic (exact) mass is 439 g/mol. The predicted molar refractivity (Wildman–Crippen MR) is 110 cm³/mol. The van der Waals surface area contributed by atoms with Crippen molar-refractivity contribution in [2.24, 2.45) is 0 Å². The molecule has 142 valence electrons. The molecule has 1 atom stereocenters. The van der Waals surface area contributed by atoms with Crippen LogP contribution in [0.2, 0.25) is 0 Å². The molecular weight excluding hydrogens is 422 g/mol. The lowest BCUT2D eigenvalue weighted by molar-refractivity contribution is -0.113. The van der Waals surface area contributed by atoms with Gasteiger partial charge in [-0.2, -0.15) is 10.1 Å². The maximum Gasteiger partial charge on any atom is 0.255 e. The van der Waals surface area contributed by atoms with Gasteiger partial charge >= 0.3 is 0 Å². The number of hydrogen-bond donors (Lipinski definition) is 2. The van der Waals surface area contributed by atoms with Crippen LogP contribution in [-0.4, -0.2) is 27.8 Å². The van der Waals surface area contributed by atoms with Gasteiger partial charge in [-0.25, -0.2) is 4.68 Å². The SMILES string of the molecule is COc1ccccc1NC(=O)C1=C(C)Nc2ncnn2C1c1ccc(Br)cc1. The molecule has 0 saturated carbocycles. The average Bonchev–Trinajstić information content (AvgIpc) is 3.16. The van der Waals surface area contributed by atoms with Gasteiger partial charge in [0.05, 0.1) is 18.4 Å². The fourth-order valence-electron chi connectivity index (χ4n) is 3.28. The van der Waals surface area contributed by atoms with Crippen LogP contribution >= 0.6 is 15.9 Å². The summed E-state index contributed by atoms with van der Waals surface area (Å²) in [6.07, 6.45) is 1.47. The maximum absolute atomic E-state index is 13.3. The third-order valence-electron chi connectivity index (χ3n) is 4.58. The highest BCUT2D eigenvalue weighted by molar-refractivity contribution is 9.10. The van der Waals surface area contributed by atoms with Crippen molar-refractivity contribution in [2.75, 3.05) is 17.7 Å². The Morgan fingerprint density at radius 2 is 1.96 bits per heavy atom. The molecule has 4 rings (SSSR count). The zero-order valence-electron chi connectivity index (χ0n) is 15.3. The summed E-state index contributed by atoms with van der Waals surface area (Å²) < 4.78 is 8.03. The molecular formula is C20H18BrN5O2. The average molecular weight is 440 g/mol. The van der Waals surface area contributed by atoms with Crippen LogP contribution in [0.25, 0.3) is 0 Å². The molecule has 2 aromatic carbocycles. The Labute approximate surface area is 170 Å².